The molecule has 1 unspecified atom stereocenters. The highest BCUT2D eigenvalue weighted by atomic mass is 19.4. The van der Waals surface area contributed by atoms with E-state index in [-0.39, 0.29) is 11.2 Å². The van der Waals surface area contributed by atoms with E-state index in [1.54, 1.807) is 12.1 Å². The molecule has 1 atom stereocenters. The van der Waals surface area contributed by atoms with Crippen molar-refractivity contribution in [3.63, 3.8) is 0 Å². The molecule has 0 amide bonds. The van der Waals surface area contributed by atoms with Gasteiger partial charge >= 0.3 is 36.4 Å². The fraction of sp³-hybridized carbons (Fsp3) is 0.345. The van der Waals surface area contributed by atoms with Crippen LogP contribution in [-0.2, 0) is 32.9 Å². The first-order chi connectivity index (χ1) is 22.5. The molecule has 2 aliphatic heterocycles. The van der Waals surface area contributed by atoms with Crippen LogP contribution < -0.4 is 4.90 Å². The van der Waals surface area contributed by atoms with Crippen molar-refractivity contribution < 1.29 is 73.6 Å². The highest BCUT2D eigenvalue weighted by Crippen LogP contribution is 2.45. The standard InChI is InChI=1S/C23H23FN4.3C2HF3O2/c24-20-7-5-18(6-8-20)14-27-12-9-23(16-27)17-28(15-19-3-1-10-25-13-19)21-4-2-11-26-22(21)23;3*3-2(4,5)1(6)7/h1-8,10-11,13H,9,12,14-17H2;3*(H,6,7). The third kappa shape index (κ3) is 12.5. The second-order valence-corrected chi connectivity index (χ2v) is 10.4. The van der Waals surface area contributed by atoms with Crippen LogP contribution in [0.3, 0.4) is 0 Å². The SMILES string of the molecule is Fc1ccc(CN2CCC3(C2)CN(Cc2cccnc2)c2cccnc23)cc1.O=C(O)C(F)(F)F.O=C(O)C(F)(F)F.O=C(O)C(F)(F)F. The van der Waals surface area contributed by atoms with Gasteiger partial charge in [0.15, 0.2) is 0 Å². The number of fused-ring (bicyclic) bond motifs is 2. The molecular formula is C29H26F10N4O6. The largest absolute Gasteiger partial charge is 0.490 e. The fourth-order valence-corrected chi connectivity index (χ4v) is 4.70. The number of carbonyl (C=O) groups is 3. The quantitative estimate of drug-likeness (QED) is 0.289. The lowest BCUT2D eigenvalue weighted by Gasteiger charge is -2.26. The molecule has 0 radical (unpaired) electrons. The summed E-state index contributed by atoms with van der Waals surface area (Å²) in [7, 11) is 0. The summed E-state index contributed by atoms with van der Waals surface area (Å²) in [6.07, 6.45) is -8.48. The number of pyridine rings is 2. The van der Waals surface area contributed by atoms with Crippen molar-refractivity contribution in [2.75, 3.05) is 24.5 Å². The Hall–Kier alpha value is -5.01. The first-order valence-electron chi connectivity index (χ1n) is 13.5. The summed E-state index contributed by atoms with van der Waals surface area (Å²) in [6.45, 7) is 4.71. The number of carboxylic acids is 3. The Kier molecular flexibility index (Phi) is 13.4. The van der Waals surface area contributed by atoms with Gasteiger partial charge in [-0.3, -0.25) is 14.9 Å². The number of hydrogen-bond acceptors (Lipinski definition) is 7. The summed E-state index contributed by atoms with van der Waals surface area (Å²) in [5.41, 5.74) is 4.91. The lowest BCUT2D eigenvalue weighted by atomic mass is 9.85. The second kappa shape index (κ2) is 16.4. The number of anilines is 1. The first kappa shape index (κ1) is 40.2. The monoisotopic (exact) mass is 716 g/mol. The zero-order valence-electron chi connectivity index (χ0n) is 24.7. The number of likely N-dealkylation sites (tertiary alicyclic amines) is 1. The van der Waals surface area contributed by atoms with Crippen LogP contribution in [0.2, 0.25) is 0 Å². The van der Waals surface area contributed by atoms with Crippen LogP contribution in [0.25, 0.3) is 0 Å². The van der Waals surface area contributed by atoms with Crippen LogP contribution in [-0.4, -0.2) is 86.3 Å². The normalized spacial score (nSPS) is 17.1. The van der Waals surface area contributed by atoms with E-state index in [2.05, 4.69) is 26.9 Å². The molecule has 268 valence electrons. The highest BCUT2D eigenvalue weighted by Gasteiger charge is 2.48. The van der Waals surface area contributed by atoms with Crippen molar-refractivity contribution in [1.29, 1.82) is 0 Å². The predicted molar refractivity (Wildman–Crippen MR) is 149 cm³/mol. The van der Waals surface area contributed by atoms with Gasteiger partial charge in [0, 0.05) is 50.2 Å². The molecule has 5 rings (SSSR count). The molecule has 10 nitrogen and oxygen atoms in total. The van der Waals surface area contributed by atoms with Crippen LogP contribution in [0.1, 0.15) is 23.2 Å². The van der Waals surface area contributed by atoms with Gasteiger partial charge in [0.1, 0.15) is 5.82 Å². The van der Waals surface area contributed by atoms with Crippen LogP contribution in [0.5, 0.6) is 0 Å². The summed E-state index contributed by atoms with van der Waals surface area (Å²) in [6, 6.07) is 15.2. The van der Waals surface area contributed by atoms with E-state index in [4.69, 9.17) is 34.7 Å². The van der Waals surface area contributed by atoms with Gasteiger partial charge in [-0.15, -0.1) is 0 Å². The van der Waals surface area contributed by atoms with Gasteiger partial charge in [-0.25, -0.2) is 18.8 Å². The smallest absolute Gasteiger partial charge is 0.475 e. The minimum atomic E-state index is -5.08. The Morgan fingerprint density at radius 3 is 1.69 bits per heavy atom. The maximum Gasteiger partial charge on any atom is 0.490 e. The van der Waals surface area contributed by atoms with Gasteiger partial charge < -0.3 is 20.2 Å². The minimum absolute atomic E-state index is 0.0683. The number of alkyl halides is 9. The number of aromatic nitrogens is 2. The van der Waals surface area contributed by atoms with Gasteiger partial charge in [-0.1, -0.05) is 18.2 Å². The molecule has 2 aromatic heterocycles. The molecule has 3 aromatic rings. The molecule has 1 saturated heterocycles. The lowest BCUT2D eigenvalue weighted by molar-refractivity contribution is -0.193. The number of rotatable bonds is 4. The van der Waals surface area contributed by atoms with Gasteiger partial charge in [0.2, 0.25) is 0 Å². The first-order valence-corrected chi connectivity index (χ1v) is 13.5. The van der Waals surface area contributed by atoms with Crippen LogP contribution in [0.4, 0.5) is 49.6 Å². The van der Waals surface area contributed by atoms with Crippen LogP contribution in [0, 0.1) is 5.82 Å². The van der Waals surface area contributed by atoms with E-state index in [1.165, 1.54) is 16.9 Å². The molecule has 49 heavy (non-hydrogen) atoms. The molecule has 4 heterocycles. The molecule has 2 aliphatic rings. The zero-order chi connectivity index (χ0) is 37.2. The van der Waals surface area contributed by atoms with Crippen molar-refractivity contribution in [3.05, 3.63) is 89.8 Å². The number of aliphatic carboxylic acids is 3. The van der Waals surface area contributed by atoms with Gasteiger partial charge in [0.05, 0.1) is 11.4 Å². The number of halogens is 10. The van der Waals surface area contributed by atoms with E-state index in [9.17, 15) is 43.9 Å². The molecule has 20 heteroatoms. The Morgan fingerprint density at radius 2 is 1.22 bits per heavy atom. The molecule has 1 aromatic carbocycles. The molecular weight excluding hydrogens is 690 g/mol. The average molecular weight is 717 g/mol. The average Bonchev–Trinajstić information content (AvgIpc) is 3.54. The lowest BCUT2D eigenvalue weighted by Crippen LogP contribution is -2.36. The molecule has 1 fully saturated rings. The van der Waals surface area contributed by atoms with Crippen molar-refractivity contribution in [2.45, 2.75) is 43.5 Å². The summed E-state index contributed by atoms with van der Waals surface area (Å²) in [5, 5.41) is 21.4. The molecule has 0 aliphatic carbocycles. The summed E-state index contributed by atoms with van der Waals surface area (Å²) < 4.78 is 108. The maximum absolute atomic E-state index is 13.2. The molecule has 1 spiro atoms. The summed E-state index contributed by atoms with van der Waals surface area (Å²) in [5.74, 6) is -8.45. The Balaban J connectivity index is 0.000000325. The van der Waals surface area contributed by atoms with E-state index in [0.717, 1.165) is 44.7 Å². The van der Waals surface area contributed by atoms with Crippen molar-refractivity contribution in [2.24, 2.45) is 0 Å². The Morgan fingerprint density at radius 1 is 0.714 bits per heavy atom. The third-order valence-electron chi connectivity index (χ3n) is 6.70. The van der Waals surface area contributed by atoms with Crippen LogP contribution in [0.15, 0.2) is 67.1 Å². The summed E-state index contributed by atoms with van der Waals surface area (Å²) >= 11 is 0. The van der Waals surface area contributed by atoms with E-state index in [0.29, 0.717) is 0 Å². The molecule has 0 saturated carbocycles. The number of hydrogen-bond donors (Lipinski definition) is 3. The van der Waals surface area contributed by atoms with E-state index in [1.807, 2.05) is 42.9 Å². The van der Waals surface area contributed by atoms with Gasteiger partial charge in [-0.2, -0.15) is 39.5 Å². The second-order valence-electron chi connectivity index (χ2n) is 10.4. The van der Waals surface area contributed by atoms with Crippen molar-refractivity contribution in [1.82, 2.24) is 14.9 Å². The van der Waals surface area contributed by atoms with Crippen molar-refractivity contribution >= 4 is 23.6 Å². The van der Waals surface area contributed by atoms with Crippen molar-refractivity contribution in [3.8, 4) is 0 Å². The number of benzene rings is 1. The third-order valence-corrected chi connectivity index (χ3v) is 6.70. The fourth-order valence-electron chi connectivity index (χ4n) is 4.70. The Labute approximate surface area is 270 Å². The molecule has 0 bridgehead atoms. The summed E-state index contributed by atoms with van der Waals surface area (Å²) in [4.78, 5) is 40.7. The number of carboxylic acid groups (broad SMARTS) is 3. The van der Waals surface area contributed by atoms with E-state index >= 15 is 0 Å². The number of nitrogens with zero attached hydrogens (tertiary/aromatic N) is 4. The van der Waals surface area contributed by atoms with Gasteiger partial charge in [-0.05, 0) is 54.4 Å². The van der Waals surface area contributed by atoms with E-state index < -0.39 is 36.4 Å². The topological polar surface area (TPSA) is 144 Å². The zero-order valence-corrected chi connectivity index (χ0v) is 24.7. The highest BCUT2D eigenvalue weighted by molar-refractivity contribution is 5.73. The predicted octanol–water partition coefficient (Wildman–Crippen LogP) is 5.68. The minimum Gasteiger partial charge on any atom is -0.475 e. The van der Waals surface area contributed by atoms with Crippen LogP contribution >= 0.6 is 0 Å². The maximum atomic E-state index is 13.2. The van der Waals surface area contributed by atoms with Gasteiger partial charge in [0.25, 0.3) is 0 Å². The Bertz CT molecular complexity index is 1500. The molecule has 3 N–H and O–H groups in total.